The quantitative estimate of drug-likeness (QED) is 0.727. The molecule has 4 nitrogen and oxygen atoms in total. The highest BCUT2D eigenvalue weighted by molar-refractivity contribution is 5.89. The van der Waals surface area contributed by atoms with Gasteiger partial charge in [0.2, 0.25) is 0 Å². The topological polar surface area (TPSA) is 38.2 Å². The molecule has 1 aromatic carbocycles. The molecule has 1 aliphatic heterocycles. The number of nitrogens with zero attached hydrogens (tertiary/aromatic N) is 3. The molecule has 110 valence electrons. The highest BCUT2D eigenvalue weighted by Gasteiger charge is 2.15. The van der Waals surface area contributed by atoms with Crippen LogP contribution >= 0.6 is 0 Å². The first-order valence-corrected chi connectivity index (χ1v) is 7.56. The van der Waals surface area contributed by atoms with Gasteiger partial charge in [-0.25, -0.2) is 4.98 Å². The van der Waals surface area contributed by atoms with E-state index < -0.39 is 0 Å². The lowest BCUT2D eigenvalue weighted by Gasteiger charge is -2.29. The molecule has 3 aromatic rings. The van der Waals surface area contributed by atoms with Gasteiger partial charge < -0.3 is 9.64 Å². The van der Waals surface area contributed by atoms with Crippen molar-refractivity contribution in [3.8, 4) is 11.3 Å². The lowest BCUT2D eigenvalue weighted by molar-refractivity contribution is 0.123. The molecule has 0 spiro atoms. The summed E-state index contributed by atoms with van der Waals surface area (Å²) in [6.45, 7) is 3.33. The van der Waals surface area contributed by atoms with E-state index in [-0.39, 0.29) is 0 Å². The summed E-state index contributed by atoms with van der Waals surface area (Å²) in [7, 11) is 0. The van der Waals surface area contributed by atoms with E-state index in [1.54, 1.807) is 0 Å². The maximum absolute atomic E-state index is 5.45. The smallest absolute Gasteiger partial charge is 0.113 e. The van der Waals surface area contributed by atoms with Crippen LogP contribution in [0.1, 0.15) is 0 Å². The standard InChI is InChI=1S/C18H17N3O/c1-2-4-14(5-3-1)15-6-7-16-18(20-15)17(8-9-19-16)21-10-12-22-13-11-21/h1-9H,10-13H2. The Bertz CT molecular complexity index is 783. The third-order valence-corrected chi connectivity index (χ3v) is 3.98. The van der Waals surface area contributed by atoms with Crippen molar-refractivity contribution in [1.82, 2.24) is 9.97 Å². The third kappa shape index (κ3) is 2.42. The Hall–Kier alpha value is -2.46. The number of hydrogen-bond donors (Lipinski definition) is 0. The summed E-state index contributed by atoms with van der Waals surface area (Å²) in [6, 6.07) is 16.4. The van der Waals surface area contributed by atoms with Crippen LogP contribution in [0.5, 0.6) is 0 Å². The van der Waals surface area contributed by atoms with E-state index in [9.17, 15) is 0 Å². The summed E-state index contributed by atoms with van der Waals surface area (Å²) in [5.41, 5.74) is 5.15. The molecule has 0 N–H and O–H groups in total. The Labute approximate surface area is 129 Å². The molecule has 22 heavy (non-hydrogen) atoms. The van der Waals surface area contributed by atoms with Crippen molar-refractivity contribution in [2.45, 2.75) is 0 Å². The predicted molar refractivity (Wildman–Crippen MR) is 88.0 cm³/mol. The van der Waals surface area contributed by atoms with Crippen molar-refractivity contribution in [1.29, 1.82) is 0 Å². The lowest BCUT2D eigenvalue weighted by atomic mass is 10.1. The van der Waals surface area contributed by atoms with Crippen LogP contribution in [0.3, 0.4) is 0 Å². The molecule has 1 fully saturated rings. The fourth-order valence-corrected chi connectivity index (χ4v) is 2.84. The molecule has 0 amide bonds. The van der Waals surface area contributed by atoms with Crippen molar-refractivity contribution in [3.63, 3.8) is 0 Å². The first-order chi connectivity index (χ1) is 10.9. The largest absolute Gasteiger partial charge is 0.378 e. The molecule has 1 saturated heterocycles. The minimum atomic E-state index is 0.766. The molecule has 0 bridgehead atoms. The lowest BCUT2D eigenvalue weighted by Crippen LogP contribution is -2.36. The number of aromatic nitrogens is 2. The molecule has 3 heterocycles. The molecule has 0 atom stereocenters. The van der Waals surface area contributed by atoms with Gasteiger partial charge in [0.05, 0.1) is 30.1 Å². The first-order valence-electron chi connectivity index (χ1n) is 7.56. The minimum Gasteiger partial charge on any atom is -0.378 e. The zero-order chi connectivity index (χ0) is 14.8. The number of morpholine rings is 1. The molecule has 4 heteroatoms. The second-order valence-corrected chi connectivity index (χ2v) is 5.36. The van der Waals surface area contributed by atoms with Crippen LogP contribution in [-0.4, -0.2) is 36.3 Å². The SMILES string of the molecule is c1ccc(-c2ccc3nccc(N4CCOCC4)c3n2)cc1. The van der Waals surface area contributed by atoms with E-state index >= 15 is 0 Å². The van der Waals surface area contributed by atoms with Gasteiger partial charge in [0.15, 0.2) is 0 Å². The van der Waals surface area contributed by atoms with Crippen molar-refractivity contribution >= 4 is 16.7 Å². The predicted octanol–water partition coefficient (Wildman–Crippen LogP) is 3.13. The van der Waals surface area contributed by atoms with Crippen LogP contribution in [0.4, 0.5) is 5.69 Å². The first kappa shape index (κ1) is 13.2. The van der Waals surface area contributed by atoms with Gasteiger partial charge in [-0.05, 0) is 18.2 Å². The van der Waals surface area contributed by atoms with Crippen molar-refractivity contribution in [2.24, 2.45) is 0 Å². The molecular formula is C18H17N3O. The van der Waals surface area contributed by atoms with Gasteiger partial charge in [-0.1, -0.05) is 30.3 Å². The molecule has 4 rings (SSSR count). The highest BCUT2D eigenvalue weighted by Crippen LogP contribution is 2.27. The maximum Gasteiger partial charge on any atom is 0.113 e. The van der Waals surface area contributed by atoms with Gasteiger partial charge >= 0.3 is 0 Å². The van der Waals surface area contributed by atoms with Gasteiger partial charge in [-0.2, -0.15) is 0 Å². The molecule has 0 radical (unpaired) electrons. The third-order valence-electron chi connectivity index (χ3n) is 3.98. The molecule has 1 aliphatic rings. The number of ether oxygens (including phenoxy) is 1. The Kier molecular flexibility index (Phi) is 3.45. The summed E-state index contributed by atoms with van der Waals surface area (Å²) < 4.78 is 5.45. The molecular weight excluding hydrogens is 274 g/mol. The van der Waals surface area contributed by atoms with Gasteiger partial charge in [-0.3, -0.25) is 4.98 Å². The summed E-state index contributed by atoms with van der Waals surface area (Å²) in [5, 5.41) is 0. The normalized spacial score (nSPS) is 15.2. The number of pyridine rings is 2. The van der Waals surface area contributed by atoms with Gasteiger partial charge in [0.25, 0.3) is 0 Å². The second kappa shape index (κ2) is 5.73. The summed E-state index contributed by atoms with van der Waals surface area (Å²) in [4.78, 5) is 11.7. The Morgan fingerprint density at radius 2 is 1.73 bits per heavy atom. The number of benzene rings is 1. The monoisotopic (exact) mass is 291 g/mol. The molecule has 2 aromatic heterocycles. The minimum absolute atomic E-state index is 0.766. The average Bonchev–Trinajstić information content (AvgIpc) is 2.62. The Morgan fingerprint density at radius 3 is 2.55 bits per heavy atom. The zero-order valence-corrected chi connectivity index (χ0v) is 12.3. The van der Waals surface area contributed by atoms with E-state index in [4.69, 9.17) is 9.72 Å². The van der Waals surface area contributed by atoms with Crippen molar-refractivity contribution in [2.75, 3.05) is 31.2 Å². The van der Waals surface area contributed by atoms with Crippen molar-refractivity contribution < 1.29 is 4.74 Å². The fraction of sp³-hybridized carbons (Fsp3) is 0.222. The fourth-order valence-electron chi connectivity index (χ4n) is 2.84. The summed E-state index contributed by atoms with van der Waals surface area (Å²) >= 11 is 0. The number of anilines is 1. The molecule has 0 aliphatic carbocycles. The van der Waals surface area contributed by atoms with E-state index in [1.165, 1.54) is 0 Å². The van der Waals surface area contributed by atoms with E-state index in [0.717, 1.165) is 54.3 Å². The highest BCUT2D eigenvalue weighted by atomic mass is 16.5. The van der Waals surface area contributed by atoms with Crippen LogP contribution in [0, 0.1) is 0 Å². The number of fused-ring (bicyclic) bond motifs is 1. The van der Waals surface area contributed by atoms with Gasteiger partial charge in [0, 0.05) is 24.8 Å². The van der Waals surface area contributed by atoms with Crippen LogP contribution in [-0.2, 0) is 4.74 Å². The average molecular weight is 291 g/mol. The van der Waals surface area contributed by atoms with E-state index in [0.29, 0.717) is 0 Å². The summed E-state index contributed by atoms with van der Waals surface area (Å²) in [5.74, 6) is 0. The number of rotatable bonds is 2. The molecule has 0 unspecified atom stereocenters. The van der Waals surface area contributed by atoms with Crippen molar-refractivity contribution in [3.05, 3.63) is 54.7 Å². The summed E-state index contributed by atoms with van der Waals surface area (Å²) in [6.07, 6.45) is 1.86. The maximum atomic E-state index is 5.45. The Balaban J connectivity index is 1.83. The van der Waals surface area contributed by atoms with Crippen LogP contribution < -0.4 is 4.90 Å². The zero-order valence-electron chi connectivity index (χ0n) is 12.3. The van der Waals surface area contributed by atoms with Crippen LogP contribution in [0.2, 0.25) is 0 Å². The second-order valence-electron chi connectivity index (χ2n) is 5.36. The van der Waals surface area contributed by atoms with Gasteiger partial charge in [0.1, 0.15) is 5.52 Å². The molecule has 0 saturated carbocycles. The Morgan fingerprint density at radius 1 is 0.909 bits per heavy atom. The van der Waals surface area contributed by atoms with Gasteiger partial charge in [-0.15, -0.1) is 0 Å². The van der Waals surface area contributed by atoms with Crippen LogP contribution in [0.25, 0.3) is 22.3 Å². The van der Waals surface area contributed by atoms with E-state index in [1.807, 2.05) is 30.5 Å². The number of hydrogen-bond acceptors (Lipinski definition) is 4. The van der Waals surface area contributed by atoms with Crippen LogP contribution in [0.15, 0.2) is 54.7 Å². The van der Waals surface area contributed by atoms with E-state index in [2.05, 4.69) is 34.1 Å².